The highest BCUT2D eigenvalue weighted by Crippen LogP contribution is 2.30. The summed E-state index contributed by atoms with van der Waals surface area (Å²) < 4.78 is 11.1. The summed E-state index contributed by atoms with van der Waals surface area (Å²) >= 11 is 1.51. The topological polar surface area (TPSA) is 91.1 Å². The largest absolute Gasteiger partial charge is 0.361 e. The van der Waals surface area contributed by atoms with Gasteiger partial charge < -0.3 is 19.3 Å². The van der Waals surface area contributed by atoms with Gasteiger partial charge in [-0.15, -0.1) is 0 Å². The van der Waals surface area contributed by atoms with Crippen LogP contribution in [0.4, 0.5) is 5.82 Å². The number of amides is 1. The molecule has 1 aliphatic rings. The summed E-state index contributed by atoms with van der Waals surface area (Å²) in [6, 6.07) is 16.1. The van der Waals surface area contributed by atoms with E-state index in [-0.39, 0.29) is 11.8 Å². The van der Waals surface area contributed by atoms with Crippen LogP contribution in [0.5, 0.6) is 0 Å². The summed E-state index contributed by atoms with van der Waals surface area (Å²) in [5.74, 6) is 1.19. The fourth-order valence-electron chi connectivity index (χ4n) is 3.97. The van der Waals surface area contributed by atoms with E-state index in [2.05, 4.69) is 36.5 Å². The lowest BCUT2D eigenvalue weighted by Crippen LogP contribution is -2.49. The molecule has 0 radical (unpaired) electrons. The fraction of sp³-hybridized carbons (Fsp3) is 0.182. The lowest BCUT2D eigenvalue weighted by Gasteiger charge is -2.34. The van der Waals surface area contributed by atoms with Crippen LogP contribution in [0, 0.1) is 0 Å². The number of H-pyrrole nitrogens is 1. The molecule has 3 aromatic heterocycles. The van der Waals surface area contributed by atoms with E-state index >= 15 is 0 Å². The van der Waals surface area contributed by atoms with Gasteiger partial charge in [0.2, 0.25) is 5.82 Å². The van der Waals surface area contributed by atoms with Crippen molar-refractivity contribution in [1.82, 2.24) is 24.4 Å². The van der Waals surface area contributed by atoms with E-state index in [1.807, 2.05) is 42.6 Å². The number of piperazine rings is 1. The quantitative estimate of drug-likeness (QED) is 0.468. The lowest BCUT2D eigenvalue weighted by molar-refractivity contribution is 0.0696. The Bertz CT molecular complexity index is 1400. The number of aromatic nitrogens is 4. The predicted molar refractivity (Wildman–Crippen MR) is 119 cm³/mol. The molecule has 154 valence electrons. The van der Waals surface area contributed by atoms with Crippen molar-refractivity contribution in [3.63, 3.8) is 0 Å². The first-order valence-electron chi connectivity index (χ1n) is 10.1. The van der Waals surface area contributed by atoms with Gasteiger partial charge in [-0.05, 0) is 41.2 Å². The van der Waals surface area contributed by atoms with Crippen LogP contribution in [0.2, 0.25) is 0 Å². The van der Waals surface area contributed by atoms with Gasteiger partial charge in [0.25, 0.3) is 0 Å². The number of nitrogens with zero attached hydrogens (tertiary/aromatic N) is 5. The smallest absolute Gasteiger partial charge is 0.316 e. The Morgan fingerprint density at radius 1 is 1.06 bits per heavy atom. The number of carbonyl (C=O) groups excluding carboxylic acids is 1. The van der Waals surface area contributed by atoms with Crippen LogP contribution in [0.3, 0.4) is 0 Å². The number of fused-ring (bicyclic) bond motifs is 2. The molecular formula is C22H18N6O2S. The first-order chi connectivity index (χ1) is 15.3. The number of rotatable bonds is 3. The van der Waals surface area contributed by atoms with Crippen LogP contribution >= 0.6 is 11.5 Å². The molecule has 1 fully saturated rings. The molecule has 8 nitrogen and oxygen atoms in total. The van der Waals surface area contributed by atoms with Gasteiger partial charge in [-0.25, -0.2) is 0 Å². The minimum absolute atomic E-state index is 0.0224. The number of anilines is 1. The number of benzene rings is 2. The highest BCUT2D eigenvalue weighted by atomic mass is 32.1. The van der Waals surface area contributed by atoms with Crippen molar-refractivity contribution in [3.8, 4) is 11.4 Å². The van der Waals surface area contributed by atoms with Gasteiger partial charge in [0.1, 0.15) is 5.82 Å². The van der Waals surface area contributed by atoms with Gasteiger partial charge in [0.15, 0.2) is 0 Å². The molecule has 0 atom stereocenters. The Morgan fingerprint density at radius 2 is 1.94 bits per heavy atom. The molecule has 6 rings (SSSR count). The zero-order valence-corrected chi connectivity index (χ0v) is 17.3. The number of carbonyl (C=O) groups is 1. The molecule has 9 heteroatoms. The van der Waals surface area contributed by atoms with Gasteiger partial charge in [-0.2, -0.15) is 9.36 Å². The highest BCUT2D eigenvalue weighted by Gasteiger charge is 2.28. The van der Waals surface area contributed by atoms with E-state index in [0.717, 1.165) is 27.7 Å². The molecular weight excluding hydrogens is 412 g/mol. The van der Waals surface area contributed by atoms with E-state index < -0.39 is 0 Å². The fourth-order valence-corrected chi connectivity index (χ4v) is 4.77. The Balaban J connectivity index is 1.17. The first kappa shape index (κ1) is 18.1. The summed E-state index contributed by atoms with van der Waals surface area (Å²) in [7, 11) is 0. The first-order valence-corrected chi connectivity index (χ1v) is 10.8. The molecule has 5 aromatic rings. The van der Waals surface area contributed by atoms with Gasteiger partial charge in [0, 0.05) is 48.8 Å². The molecule has 1 aliphatic heterocycles. The molecule has 31 heavy (non-hydrogen) atoms. The van der Waals surface area contributed by atoms with Crippen molar-refractivity contribution < 1.29 is 9.32 Å². The molecule has 0 unspecified atom stereocenters. The summed E-state index contributed by atoms with van der Waals surface area (Å²) in [5.41, 5.74) is 1.79. The third-order valence-electron chi connectivity index (χ3n) is 5.65. The van der Waals surface area contributed by atoms with Crippen LogP contribution in [0.15, 0.2) is 59.3 Å². The second-order valence-corrected chi connectivity index (χ2v) is 8.29. The maximum absolute atomic E-state index is 12.9. The second kappa shape index (κ2) is 7.21. The molecule has 2 aromatic carbocycles. The monoisotopic (exact) mass is 430 g/mol. The molecule has 0 spiro atoms. The Kier molecular flexibility index (Phi) is 4.20. The van der Waals surface area contributed by atoms with Gasteiger partial charge >= 0.3 is 11.8 Å². The maximum Gasteiger partial charge on any atom is 0.316 e. The Morgan fingerprint density at radius 3 is 2.84 bits per heavy atom. The number of hydrogen-bond donors (Lipinski definition) is 1. The minimum Gasteiger partial charge on any atom is -0.361 e. The predicted octanol–water partition coefficient (Wildman–Crippen LogP) is 3.79. The van der Waals surface area contributed by atoms with E-state index in [9.17, 15) is 4.79 Å². The van der Waals surface area contributed by atoms with E-state index in [4.69, 9.17) is 4.52 Å². The van der Waals surface area contributed by atoms with Gasteiger partial charge in [-0.3, -0.25) is 4.79 Å². The van der Waals surface area contributed by atoms with Crippen molar-refractivity contribution in [2.45, 2.75) is 0 Å². The van der Waals surface area contributed by atoms with E-state index in [1.54, 1.807) is 4.90 Å². The summed E-state index contributed by atoms with van der Waals surface area (Å²) in [6.45, 7) is 2.58. The van der Waals surface area contributed by atoms with Crippen molar-refractivity contribution in [1.29, 1.82) is 0 Å². The average Bonchev–Trinajstić information content (AvgIpc) is 3.57. The summed E-state index contributed by atoms with van der Waals surface area (Å²) in [4.78, 5) is 24.4. The van der Waals surface area contributed by atoms with Gasteiger partial charge in [0.05, 0.1) is 4.70 Å². The molecule has 0 saturated carbocycles. The molecule has 1 saturated heterocycles. The standard InChI is InChI=1S/C22H18N6O2S/c29-22(21-24-19(25-30-21)15-6-5-14-7-8-23-17(14)13-15)28-11-9-27(10-12-28)20-16-3-1-2-4-18(16)31-26-20/h1-8,13,23H,9-12H2. The SMILES string of the molecule is O=C(c1nc(-c2ccc3cc[nH]c3c2)no1)N1CCN(c2nsc3ccccc23)CC1. The maximum atomic E-state index is 12.9. The normalized spacial score (nSPS) is 14.6. The van der Waals surface area contributed by atoms with Crippen LogP contribution in [-0.4, -0.2) is 56.5 Å². The molecule has 1 amide bonds. The number of hydrogen-bond acceptors (Lipinski definition) is 7. The summed E-state index contributed by atoms with van der Waals surface area (Å²) in [6.07, 6.45) is 1.88. The lowest BCUT2D eigenvalue weighted by atomic mass is 10.1. The number of nitrogens with one attached hydrogen (secondary N) is 1. The van der Waals surface area contributed by atoms with E-state index in [0.29, 0.717) is 32.0 Å². The highest BCUT2D eigenvalue weighted by molar-refractivity contribution is 7.13. The summed E-state index contributed by atoms with van der Waals surface area (Å²) in [5, 5.41) is 6.28. The molecule has 1 N–H and O–H groups in total. The molecule has 4 heterocycles. The van der Waals surface area contributed by atoms with Gasteiger partial charge in [-0.1, -0.05) is 29.4 Å². The minimum atomic E-state index is -0.234. The second-order valence-electron chi connectivity index (χ2n) is 7.48. The van der Waals surface area contributed by atoms with Crippen LogP contribution in [0.1, 0.15) is 10.7 Å². The molecule has 0 aliphatic carbocycles. The van der Waals surface area contributed by atoms with Crippen LogP contribution in [-0.2, 0) is 0 Å². The third-order valence-corrected chi connectivity index (χ3v) is 6.46. The van der Waals surface area contributed by atoms with Crippen LogP contribution < -0.4 is 4.90 Å². The zero-order valence-electron chi connectivity index (χ0n) is 16.5. The van der Waals surface area contributed by atoms with E-state index in [1.165, 1.54) is 16.2 Å². The van der Waals surface area contributed by atoms with Crippen LogP contribution in [0.25, 0.3) is 32.4 Å². The van der Waals surface area contributed by atoms with Crippen molar-refractivity contribution >= 4 is 44.2 Å². The van der Waals surface area contributed by atoms with Crippen molar-refractivity contribution in [2.24, 2.45) is 0 Å². The number of aromatic amines is 1. The Hall–Kier alpha value is -3.72. The Labute approximate surface area is 181 Å². The molecule has 0 bridgehead atoms. The third kappa shape index (κ3) is 3.14. The van der Waals surface area contributed by atoms with Crippen molar-refractivity contribution in [3.05, 3.63) is 60.6 Å². The van der Waals surface area contributed by atoms with Crippen molar-refractivity contribution in [2.75, 3.05) is 31.1 Å². The average molecular weight is 430 g/mol. The zero-order chi connectivity index (χ0) is 20.8.